The number of aromatic amines is 1. The van der Waals surface area contributed by atoms with Gasteiger partial charge in [-0.15, -0.1) is 0 Å². The Morgan fingerprint density at radius 1 is 1.19 bits per heavy atom. The maximum atomic E-state index is 9.26. The highest BCUT2D eigenvalue weighted by Crippen LogP contribution is 2.36. The lowest BCUT2D eigenvalue weighted by molar-refractivity contribution is 0.278. The standard InChI is InChI=1S/C16H14ClNO2S/c1-20-12-2-4-13(5-3-12)21-16-7-10(17)6-15-14(16)8-11(9-19)18-15/h2-8,18-19H,9H2,1H3. The van der Waals surface area contributed by atoms with Crippen LogP contribution in [-0.2, 0) is 6.61 Å². The number of ether oxygens (including phenoxy) is 1. The molecule has 108 valence electrons. The minimum Gasteiger partial charge on any atom is -0.497 e. The summed E-state index contributed by atoms with van der Waals surface area (Å²) in [5.41, 5.74) is 1.71. The second-order valence-corrected chi connectivity index (χ2v) is 6.15. The molecule has 21 heavy (non-hydrogen) atoms. The molecule has 0 saturated heterocycles. The summed E-state index contributed by atoms with van der Waals surface area (Å²) in [5.74, 6) is 0.833. The topological polar surface area (TPSA) is 45.2 Å². The van der Waals surface area contributed by atoms with Gasteiger partial charge < -0.3 is 14.8 Å². The fourth-order valence-corrected chi connectivity index (χ4v) is 3.44. The maximum absolute atomic E-state index is 9.26. The lowest BCUT2D eigenvalue weighted by Gasteiger charge is -2.05. The van der Waals surface area contributed by atoms with Gasteiger partial charge >= 0.3 is 0 Å². The van der Waals surface area contributed by atoms with Crippen LogP contribution >= 0.6 is 23.4 Å². The average molecular weight is 320 g/mol. The van der Waals surface area contributed by atoms with Gasteiger partial charge in [0.1, 0.15) is 5.75 Å². The molecule has 1 aromatic heterocycles. The number of aromatic nitrogens is 1. The normalized spacial score (nSPS) is 11.0. The van der Waals surface area contributed by atoms with Gasteiger partial charge in [-0.1, -0.05) is 23.4 Å². The monoisotopic (exact) mass is 319 g/mol. The Hall–Kier alpha value is -1.62. The molecule has 2 N–H and O–H groups in total. The van der Waals surface area contributed by atoms with Crippen molar-refractivity contribution in [3.63, 3.8) is 0 Å². The highest BCUT2D eigenvalue weighted by atomic mass is 35.5. The second kappa shape index (κ2) is 6.02. The van der Waals surface area contributed by atoms with Gasteiger partial charge in [0, 0.05) is 31.4 Å². The van der Waals surface area contributed by atoms with Crippen LogP contribution in [0.4, 0.5) is 0 Å². The predicted octanol–water partition coefficient (Wildman–Crippen LogP) is 4.47. The largest absolute Gasteiger partial charge is 0.497 e. The van der Waals surface area contributed by atoms with Crippen LogP contribution in [0.1, 0.15) is 5.69 Å². The van der Waals surface area contributed by atoms with E-state index < -0.39 is 0 Å². The molecular formula is C16H14ClNO2S. The molecule has 3 nitrogen and oxygen atoms in total. The number of hydrogen-bond donors (Lipinski definition) is 2. The van der Waals surface area contributed by atoms with Crippen molar-refractivity contribution in [3.05, 3.63) is 53.2 Å². The average Bonchev–Trinajstić information content (AvgIpc) is 2.91. The highest BCUT2D eigenvalue weighted by Gasteiger charge is 2.09. The molecule has 0 bridgehead atoms. The van der Waals surface area contributed by atoms with Crippen molar-refractivity contribution >= 4 is 34.3 Å². The lowest BCUT2D eigenvalue weighted by Crippen LogP contribution is -1.82. The van der Waals surface area contributed by atoms with Crippen molar-refractivity contribution in [2.75, 3.05) is 7.11 Å². The minimum absolute atomic E-state index is 0.0149. The number of nitrogens with one attached hydrogen (secondary N) is 1. The maximum Gasteiger partial charge on any atom is 0.118 e. The van der Waals surface area contributed by atoms with Crippen molar-refractivity contribution in [3.8, 4) is 5.75 Å². The van der Waals surface area contributed by atoms with Gasteiger partial charge in [0.2, 0.25) is 0 Å². The summed E-state index contributed by atoms with van der Waals surface area (Å²) in [7, 11) is 1.65. The van der Waals surface area contributed by atoms with Gasteiger partial charge in [-0.2, -0.15) is 0 Å². The number of methoxy groups -OCH3 is 1. The summed E-state index contributed by atoms with van der Waals surface area (Å²) in [6, 6.07) is 13.6. The van der Waals surface area contributed by atoms with Crippen LogP contribution in [0, 0.1) is 0 Å². The molecule has 0 atom stereocenters. The van der Waals surface area contributed by atoms with Crippen LogP contribution in [0.2, 0.25) is 5.02 Å². The summed E-state index contributed by atoms with van der Waals surface area (Å²) < 4.78 is 5.16. The van der Waals surface area contributed by atoms with Crippen LogP contribution in [0.15, 0.2) is 52.3 Å². The van der Waals surface area contributed by atoms with E-state index in [9.17, 15) is 5.11 Å². The third kappa shape index (κ3) is 3.02. The fourth-order valence-electron chi connectivity index (χ4n) is 2.17. The molecule has 0 amide bonds. The molecule has 0 aliphatic carbocycles. The molecule has 3 rings (SSSR count). The van der Waals surface area contributed by atoms with E-state index >= 15 is 0 Å². The van der Waals surface area contributed by atoms with E-state index in [1.807, 2.05) is 42.5 Å². The molecule has 1 heterocycles. The summed E-state index contributed by atoms with van der Waals surface area (Å²) >= 11 is 7.81. The SMILES string of the molecule is COc1ccc(Sc2cc(Cl)cc3[nH]c(CO)cc23)cc1. The van der Waals surface area contributed by atoms with E-state index in [1.165, 1.54) is 0 Å². The van der Waals surface area contributed by atoms with Gasteiger partial charge in [0.05, 0.1) is 13.7 Å². The molecular weight excluding hydrogens is 306 g/mol. The lowest BCUT2D eigenvalue weighted by atomic mass is 10.2. The van der Waals surface area contributed by atoms with Gasteiger partial charge in [-0.05, 0) is 42.5 Å². The van der Waals surface area contributed by atoms with Crippen LogP contribution in [0.5, 0.6) is 5.75 Å². The number of rotatable bonds is 4. The van der Waals surface area contributed by atoms with Crippen LogP contribution < -0.4 is 4.74 Å². The van der Waals surface area contributed by atoms with Crippen molar-refractivity contribution in [2.45, 2.75) is 16.4 Å². The predicted molar refractivity (Wildman–Crippen MR) is 86.3 cm³/mol. The molecule has 0 spiro atoms. The first-order chi connectivity index (χ1) is 10.2. The summed E-state index contributed by atoms with van der Waals surface area (Å²) in [4.78, 5) is 5.32. The Bertz CT molecular complexity index is 768. The van der Waals surface area contributed by atoms with E-state index in [1.54, 1.807) is 18.9 Å². The van der Waals surface area contributed by atoms with E-state index in [2.05, 4.69) is 4.98 Å². The van der Waals surface area contributed by atoms with E-state index in [-0.39, 0.29) is 6.61 Å². The van der Waals surface area contributed by atoms with Crippen LogP contribution in [0.25, 0.3) is 10.9 Å². The number of benzene rings is 2. The number of hydrogen-bond acceptors (Lipinski definition) is 3. The number of halogens is 1. The third-order valence-corrected chi connectivity index (χ3v) is 4.46. The van der Waals surface area contributed by atoms with E-state index in [0.717, 1.165) is 32.1 Å². The van der Waals surface area contributed by atoms with E-state index in [0.29, 0.717) is 5.02 Å². The Balaban J connectivity index is 2.00. The van der Waals surface area contributed by atoms with Crippen LogP contribution in [-0.4, -0.2) is 17.2 Å². The zero-order valence-electron chi connectivity index (χ0n) is 11.4. The van der Waals surface area contributed by atoms with Gasteiger partial charge in [0.25, 0.3) is 0 Å². The molecule has 0 saturated carbocycles. The van der Waals surface area contributed by atoms with Gasteiger partial charge in [0.15, 0.2) is 0 Å². The minimum atomic E-state index is -0.0149. The molecule has 3 aromatic rings. The van der Waals surface area contributed by atoms with Crippen LogP contribution in [0.3, 0.4) is 0 Å². The summed E-state index contributed by atoms with van der Waals surface area (Å²) in [5, 5.41) is 11.0. The summed E-state index contributed by atoms with van der Waals surface area (Å²) in [6.45, 7) is -0.0149. The Kier molecular flexibility index (Phi) is 4.10. The second-order valence-electron chi connectivity index (χ2n) is 4.60. The smallest absolute Gasteiger partial charge is 0.118 e. The first kappa shape index (κ1) is 14.3. The number of aliphatic hydroxyl groups is 1. The number of fused-ring (bicyclic) bond motifs is 1. The van der Waals surface area contributed by atoms with Crippen molar-refractivity contribution in [1.29, 1.82) is 0 Å². The number of aliphatic hydroxyl groups excluding tert-OH is 1. The zero-order valence-corrected chi connectivity index (χ0v) is 13.0. The van der Waals surface area contributed by atoms with Crippen molar-refractivity contribution < 1.29 is 9.84 Å². The Morgan fingerprint density at radius 3 is 2.62 bits per heavy atom. The van der Waals surface area contributed by atoms with Crippen molar-refractivity contribution in [1.82, 2.24) is 4.98 Å². The zero-order chi connectivity index (χ0) is 14.8. The molecule has 0 unspecified atom stereocenters. The first-order valence-electron chi connectivity index (χ1n) is 6.43. The molecule has 5 heteroatoms. The van der Waals surface area contributed by atoms with Crippen molar-refractivity contribution in [2.24, 2.45) is 0 Å². The first-order valence-corrected chi connectivity index (χ1v) is 7.63. The molecule has 0 fully saturated rings. The molecule has 0 aliphatic rings. The van der Waals surface area contributed by atoms with Gasteiger partial charge in [-0.3, -0.25) is 0 Å². The van der Waals surface area contributed by atoms with E-state index in [4.69, 9.17) is 16.3 Å². The van der Waals surface area contributed by atoms with Gasteiger partial charge in [-0.25, -0.2) is 0 Å². The molecule has 0 radical (unpaired) electrons. The third-order valence-electron chi connectivity index (χ3n) is 3.18. The molecule has 2 aromatic carbocycles. The Labute approximate surface area is 131 Å². The molecule has 0 aliphatic heterocycles. The summed E-state index contributed by atoms with van der Waals surface area (Å²) in [6.07, 6.45) is 0. The highest BCUT2D eigenvalue weighted by molar-refractivity contribution is 7.99. The number of H-pyrrole nitrogens is 1. The fraction of sp³-hybridized carbons (Fsp3) is 0.125. The quantitative estimate of drug-likeness (QED) is 0.745. The Morgan fingerprint density at radius 2 is 1.95 bits per heavy atom.